The fraction of sp³-hybridized carbons (Fsp3) is 0.429. The van der Waals surface area contributed by atoms with Gasteiger partial charge in [-0.1, -0.05) is 19.5 Å². The van der Waals surface area contributed by atoms with Gasteiger partial charge in [0.25, 0.3) is 0 Å². The molecule has 2 heteroatoms. The molecule has 1 aromatic heterocycles. The van der Waals surface area contributed by atoms with Gasteiger partial charge in [0.15, 0.2) is 0 Å². The van der Waals surface area contributed by atoms with E-state index in [4.69, 9.17) is 4.42 Å². The Bertz CT molecular complexity index is 157. The van der Waals surface area contributed by atoms with Crippen LogP contribution in [-0.2, 0) is 0 Å². The summed E-state index contributed by atoms with van der Waals surface area (Å²) in [4.78, 5) is 0. The first-order valence-corrected chi connectivity index (χ1v) is 5.93. The summed E-state index contributed by atoms with van der Waals surface area (Å²) in [6, 6.07) is 5.34. The van der Waals surface area contributed by atoms with Crippen LogP contribution < -0.4 is 5.38 Å². The molecule has 0 saturated heterocycles. The Kier molecular flexibility index (Phi) is 2.11. The number of hydrogen-bond donors (Lipinski definition) is 0. The van der Waals surface area contributed by atoms with Gasteiger partial charge >= 0.3 is 0 Å². The zero-order valence-electron chi connectivity index (χ0n) is 5.92. The molecule has 1 atom stereocenters. The Morgan fingerprint density at radius 3 is 2.89 bits per heavy atom. The molecule has 1 nitrogen and oxygen atoms in total. The number of furan rings is 1. The van der Waals surface area contributed by atoms with Crippen molar-refractivity contribution in [2.45, 2.75) is 19.5 Å². The van der Waals surface area contributed by atoms with E-state index in [2.05, 4.69) is 19.5 Å². The second-order valence-corrected chi connectivity index (χ2v) is 5.51. The highest BCUT2D eigenvalue weighted by Crippen LogP contribution is 1.92. The third-order valence-corrected chi connectivity index (χ3v) is 4.17. The first-order valence-electron chi connectivity index (χ1n) is 3.38. The summed E-state index contributed by atoms with van der Waals surface area (Å²) in [5.74, 6) is 0. The van der Waals surface area contributed by atoms with Gasteiger partial charge in [0.05, 0.1) is 11.6 Å². The average molecular weight is 140 g/mol. The molecule has 0 aliphatic heterocycles. The topological polar surface area (TPSA) is 13.1 Å². The van der Waals surface area contributed by atoms with Crippen molar-refractivity contribution in [3.63, 3.8) is 0 Å². The Balaban J connectivity index is 2.65. The highest BCUT2D eigenvalue weighted by Gasteiger charge is 2.05. The summed E-state index contributed by atoms with van der Waals surface area (Å²) in [6.45, 7) is 4.53. The van der Waals surface area contributed by atoms with Crippen molar-refractivity contribution in [2.75, 3.05) is 0 Å². The fourth-order valence-electron chi connectivity index (χ4n) is 0.773. The maximum absolute atomic E-state index is 5.25. The van der Waals surface area contributed by atoms with Crippen molar-refractivity contribution in [1.82, 2.24) is 0 Å². The van der Waals surface area contributed by atoms with Gasteiger partial charge in [-0.3, -0.25) is 0 Å². The molecule has 0 spiro atoms. The van der Waals surface area contributed by atoms with Crippen molar-refractivity contribution in [1.29, 1.82) is 0 Å². The molecule has 0 N–H and O–H groups in total. The zero-order chi connectivity index (χ0) is 6.69. The molecule has 0 aromatic carbocycles. The van der Waals surface area contributed by atoms with Gasteiger partial charge in [0.2, 0.25) is 0 Å². The molecule has 50 valence electrons. The average Bonchev–Trinajstić information content (AvgIpc) is 2.37. The normalized spacial score (nSPS) is 13.6. The zero-order valence-corrected chi connectivity index (χ0v) is 7.08. The monoisotopic (exact) mass is 140 g/mol. The molecule has 1 rings (SSSR count). The fourth-order valence-corrected chi connectivity index (χ4v) is 1.93. The van der Waals surface area contributed by atoms with Gasteiger partial charge in [-0.25, -0.2) is 0 Å². The van der Waals surface area contributed by atoms with Crippen LogP contribution in [0.3, 0.4) is 0 Å². The lowest BCUT2D eigenvalue weighted by atomic mass is 10.7. The van der Waals surface area contributed by atoms with Gasteiger partial charge in [-0.15, -0.1) is 0 Å². The second-order valence-electron chi connectivity index (χ2n) is 2.32. The van der Waals surface area contributed by atoms with Crippen LogP contribution in [0.5, 0.6) is 0 Å². The number of hydrogen-bond acceptors (Lipinski definition) is 1. The van der Waals surface area contributed by atoms with E-state index >= 15 is 0 Å². The molecule has 1 unspecified atom stereocenters. The predicted octanol–water partition coefficient (Wildman–Crippen LogP) is 1.36. The molecule has 0 aliphatic rings. The Labute approximate surface area is 57.3 Å². The van der Waals surface area contributed by atoms with Gasteiger partial charge in [0, 0.05) is 0 Å². The largest absolute Gasteiger partial charge is 0.475 e. The predicted molar refractivity (Wildman–Crippen MR) is 41.8 cm³/mol. The molecule has 1 heterocycles. The van der Waals surface area contributed by atoms with Crippen molar-refractivity contribution in [3.05, 3.63) is 18.4 Å². The second kappa shape index (κ2) is 2.87. The minimum atomic E-state index is -0.657. The van der Waals surface area contributed by atoms with Crippen molar-refractivity contribution < 1.29 is 4.42 Å². The van der Waals surface area contributed by atoms with E-state index in [0.717, 1.165) is 0 Å². The molecule has 0 aliphatic carbocycles. The molecular weight excluding hydrogens is 128 g/mol. The van der Waals surface area contributed by atoms with Gasteiger partial charge in [0.1, 0.15) is 8.80 Å². The SMILES string of the molecule is CC[SiH](C)c1ccco1. The highest BCUT2D eigenvalue weighted by molar-refractivity contribution is 6.70. The van der Waals surface area contributed by atoms with E-state index in [1.165, 1.54) is 11.4 Å². The van der Waals surface area contributed by atoms with Crippen LogP contribution in [0.1, 0.15) is 6.92 Å². The van der Waals surface area contributed by atoms with Crippen LogP contribution in [0.2, 0.25) is 12.6 Å². The van der Waals surface area contributed by atoms with Gasteiger partial charge in [-0.05, 0) is 12.1 Å². The minimum Gasteiger partial charge on any atom is -0.475 e. The highest BCUT2D eigenvalue weighted by atomic mass is 28.3. The lowest BCUT2D eigenvalue weighted by molar-refractivity contribution is 0.599. The van der Waals surface area contributed by atoms with Crippen LogP contribution >= 0.6 is 0 Å². The smallest absolute Gasteiger partial charge is 0.113 e. The lowest BCUT2D eigenvalue weighted by Gasteiger charge is -1.98. The maximum Gasteiger partial charge on any atom is 0.113 e. The maximum atomic E-state index is 5.25. The van der Waals surface area contributed by atoms with Crippen LogP contribution in [-0.4, -0.2) is 8.80 Å². The quantitative estimate of drug-likeness (QED) is 0.565. The Morgan fingerprint density at radius 1 is 1.67 bits per heavy atom. The Hall–Kier alpha value is -0.503. The lowest BCUT2D eigenvalue weighted by Crippen LogP contribution is -2.22. The summed E-state index contributed by atoms with van der Waals surface area (Å²) in [7, 11) is -0.657. The van der Waals surface area contributed by atoms with E-state index in [1.54, 1.807) is 6.26 Å². The van der Waals surface area contributed by atoms with E-state index in [1.807, 2.05) is 6.07 Å². The van der Waals surface area contributed by atoms with Crippen LogP contribution in [0.4, 0.5) is 0 Å². The first kappa shape index (κ1) is 6.61. The molecule has 0 bridgehead atoms. The van der Waals surface area contributed by atoms with Crippen LogP contribution in [0.25, 0.3) is 0 Å². The summed E-state index contributed by atoms with van der Waals surface area (Å²) in [6.07, 6.45) is 1.76. The standard InChI is InChI=1S/C7H12OSi/c1-3-9(2)7-5-4-6-8-7/h4-6,9H,3H2,1-2H3. The van der Waals surface area contributed by atoms with E-state index in [0.29, 0.717) is 0 Å². The van der Waals surface area contributed by atoms with Crippen molar-refractivity contribution in [2.24, 2.45) is 0 Å². The van der Waals surface area contributed by atoms with Crippen LogP contribution in [0.15, 0.2) is 22.8 Å². The van der Waals surface area contributed by atoms with E-state index in [9.17, 15) is 0 Å². The summed E-state index contributed by atoms with van der Waals surface area (Å²) in [5.41, 5.74) is 0. The number of rotatable bonds is 2. The summed E-state index contributed by atoms with van der Waals surface area (Å²) in [5, 5.41) is 1.23. The van der Waals surface area contributed by atoms with E-state index < -0.39 is 8.80 Å². The first-order chi connectivity index (χ1) is 4.34. The Morgan fingerprint density at radius 2 is 2.44 bits per heavy atom. The molecule has 1 aromatic rings. The molecular formula is C7H12OSi. The van der Waals surface area contributed by atoms with Gasteiger partial charge in [-0.2, -0.15) is 0 Å². The molecule has 9 heavy (non-hydrogen) atoms. The van der Waals surface area contributed by atoms with Crippen LogP contribution in [0, 0.1) is 0 Å². The van der Waals surface area contributed by atoms with Crippen molar-refractivity contribution >= 4 is 14.2 Å². The summed E-state index contributed by atoms with van der Waals surface area (Å²) >= 11 is 0. The van der Waals surface area contributed by atoms with E-state index in [-0.39, 0.29) is 0 Å². The van der Waals surface area contributed by atoms with Gasteiger partial charge < -0.3 is 4.42 Å². The van der Waals surface area contributed by atoms with Crippen molar-refractivity contribution in [3.8, 4) is 0 Å². The molecule has 0 radical (unpaired) electrons. The summed E-state index contributed by atoms with van der Waals surface area (Å²) < 4.78 is 5.25. The third kappa shape index (κ3) is 1.45. The molecule has 0 saturated carbocycles. The third-order valence-electron chi connectivity index (χ3n) is 1.64. The molecule has 0 amide bonds. The minimum absolute atomic E-state index is 0.657. The molecule has 0 fully saturated rings.